The number of anilines is 3. The van der Waals surface area contributed by atoms with Gasteiger partial charge >= 0.3 is 0 Å². The molecule has 4 aromatic rings. The molecule has 1 amide bonds. The lowest BCUT2D eigenvalue weighted by Crippen LogP contribution is -2.49. The van der Waals surface area contributed by atoms with Gasteiger partial charge in [-0.15, -0.1) is 0 Å². The number of piperazine rings is 1. The van der Waals surface area contributed by atoms with E-state index in [0.717, 1.165) is 58.5 Å². The maximum absolute atomic E-state index is 12.6. The fraction of sp³-hybridized carbons (Fsp3) is 0.320. The van der Waals surface area contributed by atoms with Gasteiger partial charge in [0.25, 0.3) is 5.91 Å². The standard InChI is InChI=1S/C25H28N8OS/c1-16(2)32-8-10-33(11-9-32)23-19(21-15-29-25(26-3)35-21)12-18-13-22(28-14-20(18)30-23)31-24(34)17-4-6-27-7-5-17/h4-7,12-16H,8-11H2,1-3H3,(H,26,29)(H,28,31,34). The number of carbonyl (C=O) groups is 1. The Morgan fingerprint density at radius 2 is 1.83 bits per heavy atom. The van der Waals surface area contributed by atoms with Gasteiger partial charge in [-0.3, -0.25) is 14.7 Å². The minimum absolute atomic E-state index is 0.229. The van der Waals surface area contributed by atoms with Crippen LogP contribution in [0.1, 0.15) is 24.2 Å². The first kappa shape index (κ1) is 23.1. The number of pyridine rings is 3. The van der Waals surface area contributed by atoms with Crippen LogP contribution in [-0.4, -0.2) is 70.0 Å². The first-order chi connectivity index (χ1) is 17.0. The lowest BCUT2D eigenvalue weighted by molar-refractivity contribution is 0.102. The van der Waals surface area contributed by atoms with Crippen LogP contribution < -0.4 is 15.5 Å². The number of rotatable bonds is 6. The molecule has 0 aromatic carbocycles. The SMILES string of the molecule is CNc1ncc(-c2cc3cc(NC(=O)c4ccncc4)ncc3nc2N2CCN(C(C)C)CC2)s1. The van der Waals surface area contributed by atoms with E-state index in [2.05, 4.69) is 55.3 Å². The van der Waals surface area contributed by atoms with Gasteiger partial charge < -0.3 is 15.5 Å². The summed E-state index contributed by atoms with van der Waals surface area (Å²) in [6.07, 6.45) is 6.80. The zero-order chi connectivity index (χ0) is 24.4. The van der Waals surface area contributed by atoms with Crippen LogP contribution in [0.3, 0.4) is 0 Å². The van der Waals surface area contributed by atoms with Gasteiger partial charge in [-0.1, -0.05) is 11.3 Å². The van der Waals surface area contributed by atoms with Crippen LogP contribution in [0.25, 0.3) is 21.3 Å². The van der Waals surface area contributed by atoms with Gasteiger partial charge in [0.1, 0.15) is 11.6 Å². The van der Waals surface area contributed by atoms with E-state index in [9.17, 15) is 4.79 Å². The average Bonchev–Trinajstić information content (AvgIpc) is 3.38. The van der Waals surface area contributed by atoms with E-state index in [1.807, 2.05) is 19.3 Å². The molecule has 5 heterocycles. The summed E-state index contributed by atoms with van der Waals surface area (Å²) in [4.78, 5) is 36.4. The maximum Gasteiger partial charge on any atom is 0.256 e. The second-order valence-electron chi connectivity index (χ2n) is 8.71. The summed E-state index contributed by atoms with van der Waals surface area (Å²) in [5.74, 6) is 1.20. The van der Waals surface area contributed by atoms with Gasteiger partial charge in [0.05, 0.1) is 16.6 Å². The molecule has 0 atom stereocenters. The average molecular weight is 489 g/mol. The Bertz CT molecular complexity index is 1330. The summed E-state index contributed by atoms with van der Waals surface area (Å²) < 4.78 is 0. The molecular formula is C25H28N8OS. The number of thiazole rings is 1. The minimum atomic E-state index is -0.229. The zero-order valence-corrected chi connectivity index (χ0v) is 20.8. The summed E-state index contributed by atoms with van der Waals surface area (Å²) in [7, 11) is 1.87. The number of hydrogen-bond donors (Lipinski definition) is 2. The molecule has 0 aliphatic carbocycles. The van der Waals surface area contributed by atoms with Crippen molar-refractivity contribution in [2.75, 3.05) is 48.8 Å². The Balaban J connectivity index is 1.50. The number of carbonyl (C=O) groups excluding carboxylic acids is 1. The Morgan fingerprint density at radius 1 is 1.06 bits per heavy atom. The molecule has 0 saturated carbocycles. The molecule has 180 valence electrons. The highest BCUT2D eigenvalue weighted by atomic mass is 32.1. The second kappa shape index (κ2) is 9.93. The third-order valence-corrected chi connectivity index (χ3v) is 7.24. The third-order valence-electron chi connectivity index (χ3n) is 6.19. The smallest absolute Gasteiger partial charge is 0.256 e. The zero-order valence-electron chi connectivity index (χ0n) is 20.0. The third kappa shape index (κ3) is 4.94. The minimum Gasteiger partial charge on any atom is -0.365 e. The summed E-state index contributed by atoms with van der Waals surface area (Å²) in [5.41, 5.74) is 2.35. The molecule has 0 radical (unpaired) electrons. The molecular weight excluding hydrogens is 460 g/mol. The molecule has 35 heavy (non-hydrogen) atoms. The van der Waals surface area contributed by atoms with E-state index in [1.54, 1.807) is 42.1 Å². The fourth-order valence-corrected chi connectivity index (χ4v) is 5.00. The van der Waals surface area contributed by atoms with Crippen LogP contribution in [0.4, 0.5) is 16.8 Å². The van der Waals surface area contributed by atoms with Gasteiger partial charge in [0, 0.05) is 74.4 Å². The van der Waals surface area contributed by atoms with Crippen molar-refractivity contribution < 1.29 is 4.79 Å². The largest absolute Gasteiger partial charge is 0.365 e. The van der Waals surface area contributed by atoms with E-state index in [1.165, 1.54) is 0 Å². The summed E-state index contributed by atoms with van der Waals surface area (Å²) in [6, 6.07) is 7.87. The summed E-state index contributed by atoms with van der Waals surface area (Å²) >= 11 is 1.60. The molecule has 1 aliphatic heterocycles. The van der Waals surface area contributed by atoms with E-state index in [4.69, 9.17) is 4.98 Å². The highest BCUT2D eigenvalue weighted by Gasteiger charge is 2.24. The predicted molar refractivity (Wildman–Crippen MR) is 141 cm³/mol. The maximum atomic E-state index is 12.6. The highest BCUT2D eigenvalue weighted by molar-refractivity contribution is 7.18. The molecule has 0 bridgehead atoms. The van der Waals surface area contributed by atoms with Crippen molar-refractivity contribution >= 4 is 44.9 Å². The van der Waals surface area contributed by atoms with Gasteiger partial charge in [-0.05, 0) is 38.1 Å². The number of amides is 1. The van der Waals surface area contributed by atoms with E-state index >= 15 is 0 Å². The fourth-order valence-electron chi connectivity index (χ4n) is 4.21. The van der Waals surface area contributed by atoms with Gasteiger partial charge in [-0.25, -0.2) is 15.0 Å². The van der Waals surface area contributed by atoms with Gasteiger partial charge in [-0.2, -0.15) is 0 Å². The molecule has 0 spiro atoms. The first-order valence-electron chi connectivity index (χ1n) is 11.7. The summed E-state index contributed by atoms with van der Waals surface area (Å²) in [6.45, 7) is 8.30. The molecule has 4 aromatic heterocycles. The molecule has 0 unspecified atom stereocenters. The van der Waals surface area contributed by atoms with Gasteiger partial charge in [0.2, 0.25) is 0 Å². The van der Waals surface area contributed by atoms with Crippen LogP contribution in [-0.2, 0) is 0 Å². The van der Waals surface area contributed by atoms with Crippen LogP contribution in [0.15, 0.2) is 49.1 Å². The summed E-state index contributed by atoms with van der Waals surface area (Å²) in [5, 5.41) is 7.76. The molecule has 5 rings (SSSR count). The number of aromatic nitrogens is 4. The number of hydrogen-bond acceptors (Lipinski definition) is 9. The van der Waals surface area contributed by atoms with E-state index in [-0.39, 0.29) is 5.91 Å². The van der Waals surface area contributed by atoms with Crippen LogP contribution in [0.2, 0.25) is 0 Å². The molecule has 1 aliphatic rings. The number of nitrogens with one attached hydrogen (secondary N) is 2. The van der Waals surface area contributed by atoms with Crippen LogP contribution >= 0.6 is 11.3 Å². The molecule has 1 fully saturated rings. The normalized spacial score (nSPS) is 14.5. The molecule has 9 nitrogen and oxygen atoms in total. The molecule has 10 heteroatoms. The van der Waals surface area contributed by atoms with Crippen LogP contribution in [0, 0.1) is 0 Å². The topological polar surface area (TPSA) is 99.2 Å². The van der Waals surface area contributed by atoms with Crippen molar-refractivity contribution in [1.29, 1.82) is 0 Å². The van der Waals surface area contributed by atoms with E-state index < -0.39 is 0 Å². The van der Waals surface area contributed by atoms with Crippen LogP contribution in [0.5, 0.6) is 0 Å². The first-order valence-corrected chi connectivity index (χ1v) is 12.5. The Hall–Kier alpha value is -3.63. The Kier molecular flexibility index (Phi) is 6.56. The van der Waals surface area contributed by atoms with Gasteiger partial charge in [0.15, 0.2) is 5.13 Å². The highest BCUT2D eigenvalue weighted by Crippen LogP contribution is 2.37. The molecule has 2 N–H and O–H groups in total. The van der Waals surface area contributed by atoms with Crippen molar-refractivity contribution in [2.24, 2.45) is 0 Å². The van der Waals surface area contributed by atoms with Crippen molar-refractivity contribution in [2.45, 2.75) is 19.9 Å². The number of fused-ring (bicyclic) bond motifs is 1. The Labute approximate surface area is 208 Å². The monoisotopic (exact) mass is 488 g/mol. The Morgan fingerprint density at radius 3 is 2.51 bits per heavy atom. The predicted octanol–water partition coefficient (Wildman–Crippen LogP) is 3.97. The van der Waals surface area contributed by atoms with Crippen molar-refractivity contribution in [3.63, 3.8) is 0 Å². The lowest BCUT2D eigenvalue weighted by atomic mass is 10.1. The number of nitrogens with zero attached hydrogens (tertiary/aromatic N) is 6. The van der Waals surface area contributed by atoms with Crippen molar-refractivity contribution in [1.82, 2.24) is 24.8 Å². The van der Waals surface area contributed by atoms with Crippen molar-refractivity contribution in [3.05, 3.63) is 54.6 Å². The second-order valence-corrected chi connectivity index (χ2v) is 9.74. The molecule has 1 saturated heterocycles. The quantitative estimate of drug-likeness (QED) is 0.421. The van der Waals surface area contributed by atoms with E-state index in [0.29, 0.717) is 17.4 Å². The lowest BCUT2D eigenvalue weighted by Gasteiger charge is -2.38. The van der Waals surface area contributed by atoms with Crippen molar-refractivity contribution in [3.8, 4) is 10.4 Å².